The number of rotatable bonds is 8. The molecule has 1 fully saturated rings. The van der Waals surface area contributed by atoms with Crippen LogP contribution in [0.1, 0.15) is 60.7 Å². The Hall–Kier alpha value is -3.69. The van der Waals surface area contributed by atoms with Gasteiger partial charge in [0.2, 0.25) is 0 Å². The van der Waals surface area contributed by atoms with Gasteiger partial charge in [-0.1, -0.05) is 32.9 Å². The molecule has 3 aromatic rings. The van der Waals surface area contributed by atoms with Crippen LogP contribution in [0.3, 0.4) is 0 Å². The fraction of sp³-hybridized carbons (Fsp3) is 0.333. The van der Waals surface area contributed by atoms with Crippen molar-refractivity contribution in [2.45, 2.75) is 50.8 Å². The predicted octanol–water partition coefficient (Wildman–Crippen LogP) is 5.33. The van der Waals surface area contributed by atoms with Gasteiger partial charge in [-0.25, -0.2) is 4.98 Å². The molecule has 0 spiro atoms. The zero-order valence-corrected chi connectivity index (χ0v) is 23.9. The first-order chi connectivity index (χ1) is 18.6. The maximum Gasteiger partial charge on any atom is 0.255 e. The van der Waals surface area contributed by atoms with Gasteiger partial charge < -0.3 is 16.1 Å². The smallest absolute Gasteiger partial charge is 0.255 e. The van der Waals surface area contributed by atoms with Crippen molar-refractivity contribution in [3.8, 4) is 0 Å². The lowest BCUT2D eigenvalue weighted by Crippen LogP contribution is -2.36. The van der Waals surface area contributed by atoms with Crippen molar-refractivity contribution in [1.29, 1.82) is 0 Å². The summed E-state index contributed by atoms with van der Waals surface area (Å²) in [5.41, 5.74) is 12.1. The van der Waals surface area contributed by atoms with E-state index in [1.807, 2.05) is 66.8 Å². The fourth-order valence-corrected chi connectivity index (χ4v) is 5.05. The van der Waals surface area contributed by atoms with Gasteiger partial charge in [0, 0.05) is 36.3 Å². The zero-order chi connectivity index (χ0) is 27.7. The molecule has 4 N–H and O–H groups in total. The third kappa shape index (κ3) is 6.32. The Balaban J connectivity index is 1.34. The summed E-state index contributed by atoms with van der Waals surface area (Å²) in [6.45, 7) is 9.30. The van der Waals surface area contributed by atoms with Crippen LogP contribution in [0.5, 0.6) is 0 Å². The first-order valence-corrected chi connectivity index (χ1v) is 14.8. The van der Waals surface area contributed by atoms with Crippen molar-refractivity contribution in [3.05, 3.63) is 83.2 Å². The van der Waals surface area contributed by atoms with Gasteiger partial charge in [-0.15, -0.1) is 5.53 Å². The van der Waals surface area contributed by atoms with Crippen LogP contribution in [0.25, 0.3) is 5.70 Å². The van der Waals surface area contributed by atoms with E-state index in [0.29, 0.717) is 16.1 Å². The van der Waals surface area contributed by atoms with Crippen molar-refractivity contribution in [2.24, 2.45) is 5.92 Å². The summed E-state index contributed by atoms with van der Waals surface area (Å²) < 4.78 is 12.4. The van der Waals surface area contributed by atoms with E-state index in [0.717, 1.165) is 46.4 Å². The molecule has 0 radical (unpaired) electrons. The lowest BCUT2D eigenvalue weighted by Gasteiger charge is -2.21. The summed E-state index contributed by atoms with van der Waals surface area (Å²) in [7, 11) is -1.24. The molecule has 2 heterocycles. The number of hydrogen-bond donors (Lipinski definition) is 4. The minimum absolute atomic E-state index is 0.105. The molecule has 1 aliphatic carbocycles. The lowest BCUT2D eigenvalue weighted by atomic mass is 9.87. The summed E-state index contributed by atoms with van der Waals surface area (Å²) in [4.78, 5) is 18.5. The first-order valence-electron chi connectivity index (χ1n) is 13.2. The number of aromatic nitrogens is 1. The Morgan fingerprint density at radius 1 is 1.13 bits per heavy atom. The molecule has 1 unspecified atom stereocenters. The number of nitrogens with one attached hydrogen (secondary N) is 4. The number of pyridine rings is 1. The van der Waals surface area contributed by atoms with Gasteiger partial charge in [0.1, 0.15) is 5.82 Å². The van der Waals surface area contributed by atoms with Gasteiger partial charge in [0.25, 0.3) is 5.91 Å². The molecule has 8 nitrogen and oxygen atoms in total. The monoisotopic (exact) mass is 544 g/mol. The second-order valence-corrected chi connectivity index (χ2v) is 12.6. The van der Waals surface area contributed by atoms with Crippen molar-refractivity contribution >= 4 is 39.6 Å². The highest BCUT2D eigenvalue weighted by Crippen LogP contribution is 2.31. The Kier molecular flexibility index (Phi) is 7.46. The molecule has 39 heavy (non-hydrogen) atoms. The Morgan fingerprint density at radius 3 is 2.59 bits per heavy atom. The van der Waals surface area contributed by atoms with Crippen molar-refractivity contribution in [2.75, 3.05) is 28.4 Å². The molecule has 2 aromatic carbocycles. The molecule has 1 amide bonds. The predicted molar refractivity (Wildman–Crippen MR) is 159 cm³/mol. The number of amides is 1. The van der Waals surface area contributed by atoms with Crippen LogP contribution in [0.2, 0.25) is 0 Å². The molecule has 5 rings (SSSR count). The summed E-state index contributed by atoms with van der Waals surface area (Å²) in [5, 5.41) is 8.25. The van der Waals surface area contributed by atoms with Gasteiger partial charge in [-0.3, -0.25) is 14.0 Å². The van der Waals surface area contributed by atoms with Gasteiger partial charge in [0.05, 0.1) is 32.8 Å². The summed E-state index contributed by atoms with van der Waals surface area (Å²) in [6.07, 6.45) is 8.02. The zero-order valence-electron chi connectivity index (χ0n) is 23.1. The van der Waals surface area contributed by atoms with Crippen LogP contribution < -0.4 is 26.6 Å². The van der Waals surface area contributed by atoms with Gasteiger partial charge >= 0.3 is 0 Å². The van der Waals surface area contributed by atoms with Crippen molar-refractivity contribution in [1.82, 2.24) is 15.9 Å². The van der Waals surface area contributed by atoms with Crippen LogP contribution in [-0.4, -0.2) is 27.9 Å². The maximum absolute atomic E-state index is 13.4. The van der Waals surface area contributed by atoms with E-state index in [4.69, 9.17) is 0 Å². The average Bonchev–Trinajstić information content (AvgIpc) is 3.61. The molecular formula is C30H36N6O2S. The number of benzene rings is 2. The summed E-state index contributed by atoms with van der Waals surface area (Å²) in [6, 6.07) is 15.3. The highest BCUT2D eigenvalue weighted by Gasteiger charge is 2.22. The topological polar surface area (TPSA) is 98.4 Å². The molecule has 1 atom stereocenters. The standard InChI is InChI=1S/C30H36N6O2S/c1-19-6-9-21(29(37)33-24-15-23(30(2,3)4)11-12-27(24)39(5)38)14-26(19)36-18-25(34-35-36)22-10-13-28(32-17-22)31-16-20-7-8-20/h6,9-15,17-18,20,34-35H,7-8,16H2,1-5H3,(H,31,32)(H,33,37). The van der Waals surface area contributed by atoms with E-state index in [9.17, 15) is 9.00 Å². The maximum atomic E-state index is 13.4. The third-order valence-electron chi connectivity index (χ3n) is 7.05. The number of hydrazine groups is 2. The van der Waals surface area contributed by atoms with E-state index in [-0.39, 0.29) is 11.3 Å². The van der Waals surface area contributed by atoms with Crippen LogP contribution >= 0.6 is 0 Å². The summed E-state index contributed by atoms with van der Waals surface area (Å²) in [5.74, 6) is 1.41. The number of carbonyl (C=O) groups excluding carboxylic acids is 1. The van der Waals surface area contributed by atoms with Gasteiger partial charge in [0.15, 0.2) is 0 Å². The fourth-order valence-electron chi connectivity index (χ4n) is 4.37. The molecule has 0 bridgehead atoms. The van der Waals surface area contributed by atoms with Crippen molar-refractivity contribution in [3.63, 3.8) is 0 Å². The average molecular weight is 545 g/mol. The highest BCUT2D eigenvalue weighted by atomic mass is 32.2. The number of anilines is 3. The Bertz CT molecular complexity index is 1440. The van der Waals surface area contributed by atoms with Crippen LogP contribution in [0, 0.1) is 12.8 Å². The SMILES string of the molecule is Cc1ccc(C(=O)Nc2cc(C(C)(C)C)ccc2S(C)=O)cc1N1C=C(c2ccc(NCC3CC3)nc2)NN1. The lowest BCUT2D eigenvalue weighted by molar-refractivity contribution is 0.102. The molecule has 9 heteroatoms. The minimum atomic E-state index is -1.24. The molecular weight excluding hydrogens is 508 g/mol. The Labute approximate surface area is 232 Å². The molecule has 1 aliphatic heterocycles. The molecule has 2 aliphatic rings. The van der Waals surface area contributed by atoms with E-state index >= 15 is 0 Å². The number of hydrogen-bond acceptors (Lipinski definition) is 7. The Morgan fingerprint density at radius 2 is 1.92 bits per heavy atom. The van der Waals surface area contributed by atoms with Gasteiger partial charge in [-0.05, 0) is 78.6 Å². The summed E-state index contributed by atoms with van der Waals surface area (Å²) >= 11 is 0. The molecule has 1 saturated carbocycles. The molecule has 0 saturated heterocycles. The number of carbonyl (C=O) groups is 1. The quantitative estimate of drug-likeness (QED) is 0.304. The van der Waals surface area contributed by atoms with E-state index in [1.165, 1.54) is 12.8 Å². The van der Waals surface area contributed by atoms with E-state index in [1.54, 1.807) is 12.3 Å². The normalized spacial score (nSPS) is 15.9. The number of nitrogens with zero attached hydrogens (tertiary/aromatic N) is 2. The first kappa shape index (κ1) is 26.9. The van der Waals surface area contributed by atoms with E-state index in [2.05, 4.69) is 47.3 Å². The van der Waals surface area contributed by atoms with Crippen molar-refractivity contribution < 1.29 is 9.00 Å². The minimum Gasteiger partial charge on any atom is -0.370 e. The number of aryl methyl sites for hydroxylation is 1. The van der Waals surface area contributed by atoms with Crippen LogP contribution in [0.4, 0.5) is 17.2 Å². The van der Waals surface area contributed by atoms with E-state index < -0.39 is 10.8 Å². The second kappa shape index (κ2) is 10.8. The van der Waals surface area contributed by atoms with Crippen LogP contribution in [-0.2, 0) is 16.2 Å². The largest absolute Gasteiger partial charge is 0.370 e. The third-order valence-corrected chi connectivity index (χ3v) is 8.02. The molecule has 204 valence electrons. The highest BCUT2D eigenvalue weighted by molar-refractivity contribution is 7.84. The van der Waals surface area contributed by atoms with Gasteiger partial charge in [-0.2, -0.15) is 0 Å². The van der Waals surface area contributed by atoms with Crippen LogP contribution in [0.15, 0.2) is 65.8 Å². The second-order valence-electron chi connectivity index (χ2n) is 11.3. The molecule has 1 aromatic heterocycles.